The normalized spacial score (nSPS) is 16.3. The summed E-state index contributed by atoms with van der Waals surface area (Å²) in [7, 11) is -1.33. The predicted octanol–water partition coefficient (Wildman–Crippen LogP) is 1.44. The molecular formula is C27H38Cl2GeHf. The number of hydrogen-bond acceptors (Lipinski definition) is 0. The summed E-state index contributed by atoms with van der Waals surface area (Å²) in [4.78, 5) is 0. The second kappa shape index (κ2) is 11.1. The van der Waals surface area contributed by atoms with Crippen LogP contribution in [0, 0.1) is 10.8 Å². The fourth-order valence-electron chi connectivity index (χ4n) is 4.46. The second-order valence-corrected chi connectivity index (χ2v) is 44.3. The van der Waals surface area contributed by atoms with Crippen LogP contribution in [-0.4, -0.2) is 10.1 Å². The van der Waals surface area contributed by atoms with E-state index in [-0.39, 0.29) is 35.6 Å². The minimum atomic E-state index is -2.14. The van der Waals surface area contributed by atoms with Gasteiger partial charge in [0.1, 0.15) is 0 Å². The Hall–Kier alpha value is 0.173. The summed E-state index contributed by atoms with van der Waals surface area (Å²) in [5.41, 5.74) is 7.15. The Bertz CT molecular complexity index is 922. The van der Waals surface area contributed by atoms with Crippen LogP contribution in [0.5, 0.6) is 0 Å². The first kappa shape index (κ1) is 29.2. The number of rotatable bonds is 3. The van der Waals surface area contributed by atoms with Crippen LogP contribution in [0.15, 0.2) is 71.4 Å². The van der Waals surface area contributed by atoms with Gasteiger partial charge in [0.25, 0.3) is 0 Å². The molecule has 168 valence electrons. The van der Waals surface area contributed by atoms with Gasteiger partial charge in [-0.15, -0.1) is 0 Å². The van der Waals surface area contributed by atoms with E-state index >= 15 is 0 Å². The molecule has 0 atom stereocenters. The minimum absolute atomic E-state index is 0. The van der Waals surface area contributed by atoms with E-state index < -0.39 is 28.4 Å². The van der Waals surface area contributed by atoms with E-state index in [0.29, 0.717) is 0 Å². The summed E-state index contributed by atoms with van der Waals surface area (Å²) < 4.78 is 5.57. The average Bonchev–Trinajstić information content (AvgIpc) is 3.20. The van der Waals surface area contributed by atoms with Crippen LogP contribution >= 0.6 is 0 Å². The average molecular weight is 685 g/mol. The van der Waals surface area contributed by atoms with Crippen LogP contribution in [0.1, 0.15) is 68.2 Å². The van der Waals surface area contributed by atoms with Gasteiger partial charge in [-0.3, -0.25) is 0 Å². The maximum Gasteiger partial charge on any atom is -1.00 e. The number of benzene rings is 1. The molecule has 0 aliphatic heterocycles. The van der Waals surface area contributed by atoms with Gasteiger partial charge in [0, 0.05) is 0 Å². The van der Waals surface area contributed by atoms with E-state index in [4.69, 9.17) is 0 Å². The smallest absolute Gasteiger partial charge is 1.00 e. The van der Waals surface area contributed by atoms with Gasteiger partial charge in [0.15, 0.2) is 0 Å². The molecule has 0 saturated heterocycles. The quantitative estimate of drug-likeness (QED) is 0.424. The Morgan fingerprint density at radius 1 is 0.710 bits per heavy atom. The zero-order chi connectivity index (χ0) is 21.6. The Kier molecular flexibility index (Phi) is 10.4. The molecule has 1 aromatic rings. The van der Waals surface area contributed by atoms with Crippen LogP contribution in [-0.2, 0) is 18.3 Å². The maximum atomic E-state index is 2.70. The van der Waals surface area contributed by atoms with Crippen molar-refractivity contribution in [2.45, 2.75) is 74.0 Å². The van der Waals surface area contributed by atoms with Crippen molar-refractivity contribution in [1.82, 2.24) is 0 Å². The van der Waals surface area contributed by atoms with Gasteiger partial charge in [-0.2, -0.15) is 0 Å². The summed E-state index contributed by atoms with van der Waals surface area (Å²) in [6.45, 7) is 19.2. The Morgan fingerprint density at radius 2 is 1.10 bits per heavy atom. The molecular weight excluding hydrogens is 646 g/mol. The molecule has 2 aliphatic carbocycles. The van der Waals surface area contributed by atoms with Gasteiger partial charge in [0.2, 0.25) is 0 Å². The summed E-state index contributed by atoms with van der Waals surface area (Å²) in [6, 6.07) is 11.6. The molecule has 3 rings (SSSR count). The van der Waals surface area contributed by atoms with Crippen LogP contribution in [0.4, 0.5) is 0 Å². The monoisotopic (exact) mass is 686 g/mol. The SMILES string of the molecule is CC1=[C]([Hf+2]([C]2=C(C)C=C(C(C)(C)C)C2)=[Ge]([CH3])[c]2ccccc2)CC(C(C)(C)C)=C1.[Cl-].[Cl-]. The predicted molar refractivity (Wildman–Crippen MR) is 127 cm³/mol. The summed E-state index contributed by atoms with van der Waals surface area (Å²) in [6.07, 6.45) is 7.63. The maximum absolute atomic E-state index is 2.70. The van der Waals surface area contributed by atoms with Crippen molar-refractivity contribution >= 4 is 14.5 Å². The Balaban J connectivity index is 0.00000240. The van der Waals surface area contributed by atoms with Gasteiger partial charge in [-0.1, -0.05) is 0 Å². The van der Waals surface area contributed by atoms with Gasteiger partial charge < -0.3 is 24.8 Å². The molecule has 0 nitrogen and oxygen atoms in total. The number of allylic oxidation sites excluding steroid dienone is 8. The third-order valence-electron chi connectivity index (χ3n) is 6.58. The molecule has 1 aromatic carbocycles. The third-order valence-corrected chi connectivity index (χ3v) is 48.9. The van der Waals surface area contributed by atoms with Crippen molar-refractivity contribution in [2.75, 3.05) is 0 Å². The van der Waals surface area contributed by atoms with Crippen LogP contribution in [0.25, 0.3) is 0 Å². The van der Waals surface area contributed by atoms with Gasteiger partial charge in [0.05, 0.1) is 0 Å². The topological polar surface area (TPSA) is 0 Å². The van der Waals surface area contributed by atoms with Crippen molar-refractivity contribution in [3.8, 4) is 0 Å². The minimum Gasteiger partial charge on any atom is -1.00 e. The van der Waals surface area contributed by atoms with Gasteiger partial charge in [-0.05, 0) is 0 Å². The summed E-state index contributed by atoms with van der Waals surface area (Å²) in [5, 5.41) is 0. The van der Waals surface area contributed by atoms with E-state index in [1.165, 1.54) is 12.8 Å². The van der Waals surface area contributed by atoms with Gasteiger partial charge >= 0.3 is 189 Å². The summed E-state index contributed by atoms with van der Waals surface area (Å²) in [5.74, 6) is 2.70. The zero-order valence-corrected chi connectivity index (χ0v) is 27.9. The third kappa shape index (κ3) is 6.61. The summed E-state index contributed by atoms with van der Waals surface area (Å²) >= 11 is -2.14. The fraction of sp³-hybridized carbons (Fsp3) is 0.481. The first-order valence-corrected chi connectivity index (χ1v) is 28.1. The molecule has 0 N–H and O–H groups in total. The first-order valence-electron chi connectivity index (χ1n) is 11.0. The standard InChI is InChI=1S/2C10H15.C7H8Ge.2ClH.Hf/c2*1-8-5-6-9(7-8)10(2,3)4;1-8-7-5-3-2-4-6-7;;;/h2*7H,6H2,1-4H3;2-6H,1H3;2*1H;/q;;;;;+2/p-2. The molecule has 0 amide bonds. The van der Waals surface area contributed by atoms with E-state index in [1.54, 1.807) is 26.7 Å². The molecule has 0 unspecified atom stereocenters. The van der Waals surface area contributed by atoms with E-state index in [9.17, 15) is 0 Å². The van der Waals surface area contributed by atoms with Crippen LogP contribution < -0.4 is 29.2 Å². The second-order valence-electron chi connectivity index (χ2n) is 10.9. The van der Waals surface area contributed by atoms with Crippen molar-refractivity contribution in [1.29, 1.82) is 0 Å². The molecule has 0 spiro atoms. The molecule has 0 aromatic heterocycles. The molecule has 0 heterocycles. The largest absolute Gasteiger partial charge is 1.00 e. The zero-order valence-electron chi connectivity index (χ0n) is 20.7. The Morgan fingerprint density at radius 3 is 1.42 bits per heavy atom. The molecule has 0 fully saturated rings. The van der Waals surface area contributed by atoms with Crippen molar-refractivity contribution < 1.29 is 43.2 Å². The molecule has 0 bridgehead atoms. The van der Waals surface area contributed by atoms with Crippen LogP contribution in [0.3, 0.4) is 0 Å². The van der Waals surface area contributed by atoms with E-state index in [1.807, 2.05) is 6.66 Å². The van der Waals surface area contributed by atoms with Crippen molar-refractivity contribution in [2.24, 2.45) is 10.8 Å². The van der Waals surface area contributed by atoms with Crippen molar-refractivity contribution in [3.05, 3.63) is 71.4 Å². The van der Waals surface area contributed by atoms with Crippen molar-refractivity contribution in [3.63, 3.8) is 0 Å². The first-order chi connectivity index (χ1) is 13.4. The molecule has 4 heteroatoms. The number of hydrogen-bond donors (Lipinski definition) is 0. The molecule has 2 aliphatic rings. The fourth-order valence-corrected chi connectivity index (χ4v) is 50.9. The molecule has 31 heavy (non-hydrogen) atoms. The van der Waals surface area contributed by atoms with Crippen LogP contribution in [0.2, 0.25) is 5.76 Å². The molecule has 0 radical (unpaired) electrons. The van der Waals surface area contributed by atoms with E-state index in [0.717, 1.165) is 0 Å². The van der Waals surface area contributed by atoms with Gasteiger partial charge in [-0.25, -0.2) is 0 Å². The molecule has 0 saturated carbocycles. The number of halogens is 2. The van der Waals surface area contributed by atoms with E-state index in [2.05, 4.69) is 104 Å². The Labute approximate surface area is 212 Å².